The number of hydrogen-bond donors (Lipinski definition) is 1. The summed E-state index contributed by atoms with van der Waals surface area (Å²) < 4.78 is 48.8. The molecule has 0 aliphatic heterocycles. The molecule has 0 aromatic heterocycles. The van der Waals surface area contributed by atoms with Gasteiger partial charge >= 0.3 is 0 Å². The highest BCUT2D eigenvalue weighted by molar-refractivity contribution is 7.90. The first-order valence-electron chi connectivity index (χ1n) is 5.57. The molecule has 1 aromatic carbocycles. The maximum atomic E-state index is 13.6. The van der Waals surface area contributed by atoms with Gasteiger partial charge in [-0.2, -0.15) is 0 Å². The Balaban J connectivity index is 2.73. The molecule has 1 unspecified atom stereocenters. The number of rotatable bonds is 5. The van der Waals surface area contributed by atoms with E-state index in [1.807, 2.05) is 0 Å². The van der Waals surface area contributed by atoms with Crippen molar-refractivity contribution in [2.75, 3.05) is 18.6 Å². The topological polar surface area (TPSA) is 46.2 Å². The van der Waals surface area contributed by atoms with Crippen LogP contribution in [0.2, 0.25) is 0 Å². The van der Waals surface area contributed by atoms with Gasteiger partial charge in [-0.3, -0.25) is 0 Å². The van der Waals surface area contributed by atoms with Gasteiger partial charge in [-0.15, -0.1) is 0 Å². The van der Waals surface area contributed by atoms with E-state index in [4.69, 9.17) is 0 Å². The van der Waals surface area contributed by atoms with E-state index in [9.17, 15) is 17.2 Å². The fourth-order valence-electron chi connectivity index (χ4n) is 1.56. The summed E-state index contributed by atoms with van der Waals surface area (Å²) in [5.41, 5.74) is 0.450. The van der Waals surface area contributed by atoms with E-state index in [1.54, 1.807) is 6.92 Å². The van der Waals surface area contributed by atoms with Crippen molar-refractivity contribution in [3.8, 4) is 0 Å². The van der Waals surface area contributed by atoms with Crippen molar-refractivity contribution in [3.05, 3.63) is 34.9 Å². The van der Waals surface area contributed by atoms with Gasteiger partial charge in [0.1, 0.15) is 21.5 Å². The fourth-order valence-corrected chi connectivity index (χ4v) is 2.05. The summed E-state index contributed by atoms with van der Waals surface area (Å²) in [6.07, 6.45) is 1.13. The minimum atomic E-state index is -3.06. The molecular weight excluding hydrogens is 260 g/mol. The predicted molar refractivity (Wildman–Crippen MR) is 67.2 cm³/mol. The smallest absolute Gasteiger partial charge is 0.148 e. The SMILES string of the molecule is Cc1cc(F)c(C(C)NCCS(C)(=O)=O)cc1F. The van der Waals surface area contributed by atoms with Gasteiger partial charge in [0.25, 0.3) is 0 Å². The molecule has 0 amide bonds. The average molecular weight is 277 g/mol. The Morgan fingerprint density at radius 3 is 2.44 bits per heavy atom. The number of halogens is 2. The molecule has 0 radical (unpaired) electrons. The van der Waals surface area contributed by atoms with Crippen molar-refractivity contribution >= 4 is 9.84 Å². The second-order valence-electron chi connectivity index (χ2n) is 4.43. The molecule has 6 heteroatoms. The zero-order valence-electron chi connectivity index (χ0n) is 10.6. The second-order valence-corrected chi connectivity index (χ2v) is 6.69. The lowest BCUT2D eigenvalue weighted by Crippen LogP contribution is -2.26. The van der Waals surface area contributed by atoms with E-state index in [-0.39, 0.29) is 23.4 Å². The Hall–Kier alpha value is -1.01. The number of hydrogen-bond acceptors (Lipinski definition) is 3. The molecule has 0 saturated carbocycles. The van der Waals surface area contributed by atoms with Crippen LogP contribution in [0, 0.1) is 18.6 Å². The van der Waals surface area contributed by atoms with Crippen LogP contribution in [0.5, 0.6) is 0 Å². The van der Waals surface area contributed by atoms with E-state index in [1.165, 1.54) is 6.92 Å². The third-order valence-corrected chi connectivity index (χ3v) is 3.61. The monoisotopic (exact) mass is 277 g/mol. The standard InChI is InChI=1S/C12H17F2NO2S/c1-8-6-12(14)10(7-11(8)13)9(2)15-4-5-18(3,16)17/h6-7,9,15H,4-5H2,1-3H3. The van der Waals surface area contributed by atoms with E-state index in [2.05, 4.69) is 5.32 Å². The van der Waals surface area contributed by atoms with Gasteiger partial charge in [-0.25, -0.2) is 17.2 Å². The normalized spacial score (nSPS) is 13.6. The molecule has 0 fully saturated rings. The lowest BCUT2D eigenvalue weighted by atomic mass is 10.1. The lowest BCUT2D eigenvalue weighted by molar-refractivity contribution is 0.524. The highest BCUT2D eigenvalue weighted by Gasteiger charge is 2.14. The second kappa shape index (κ2) is 5.75. The first-order chi connectivity index (χ1) is 8.20. The molecule has 1 rings (SSSR count). The molecular formula is C12H17F2NO2S. The summed E-state index contributed by atoms with van der Waals surface area (Å²) in [5.74, 6) is -0.996. The van der Waals surface area contributed by atoms with E-state index >= 15 is 0 Å². The van der Waals surface area contributed by atoms with Gasteiger partial charge < -0.3 is 5.32 Å². The van der Waals surface area contributed by atoms with Crippen LogP contribution in [0.3, 0.4) is 0 Å². The first-order valence-corrected chi connectivity index (χ1v) is 7.63. The highest BCUT2D eigenvalue weighted by atomic mass is 32.2. The van der Waals surface area contributed by atoms with Crippen LogP contribution in [-0.4, -0.2) is 27.0 Å². The summed E-state index contributed by atoms with van der Waals surface area (Å²) in [5, 5.41) is 2.86. The Morgan fingerprint density at radius 1 is 1.28 bits per heavy atom. The molecule has 3 nitrogen and oxygen atoms in total. The van der Waals surface area contributed by atoms with Gasteiger partial charge in [0, 0.05) is 24.4 Å². The molecule has 0 saturated heterocycles. The van der Waals surface area contributed by atoms with Gasteiger partial charge in [-0.05, 0) is 31.5 Å². The largest absolute Gasteiger partial charge is 0.309 e. The minimum absolute atomic E-state index is 0.0344. The predicted octanol–water partition coefficient (Wildman–Crippen LogP) is 1.97. The zero-order valence-corrected chi connectivity index (χ0v) is 11.4. The van der Waals surface area contributed by atoms with Gasteiger partial charge in [0.2, 0.25) is 0 Å². The van der Waals surface area contributed by atoms with Crippen LogP contribution >= 0.6 is 0 Å². The Morgan fingerprint density at radius 2 is 1.89 bits per heavy atom. The minimum Gasteiger partial charge on any atom is -0.309 e. The van der Waals surface area contributed by atoms with Crippen LogP contribution in [-0.2, 0) is 9.84 Å². The molecule has 1 atom stereocenters. The van der Waals surface area contributed by atoms with Crippen molar-refractivity contribution < 1.29 is 17.2 Å². The average Bonchev–Trinajstić information content (AvgIpc) is 2.21. The van der Waals surface area contributed by atoms with Gasteiger partial charge in [0.05, 0.1) is 5.75 Å². The van der Waals surface area contributed by atoms with Crippen LogP contribution in [0.1, 0.15) is 24.1 Å². The molecule has 1 N–H and O–H groups in total. The summed E-state index contributed by atoms with van der Waals surface area (Å²) in [4.78, 5) is 0. The summed E-state index contributed by atoms with van der Waals surface area (Å²) in [7, 11) is -3.06. The number of sulfone groups is 1. The summed E-state index contributed by atoms with van der Waals surface area (Å²) in [6, 6.07) is 1.84. The number of aryl methyl sites for hydroxylation is 1. The van der Waals surface area contributed by atoms with Crippen LogP contribution < -0.4 is 5.32 Å². The Bertz CT molecular complexity index is 529. The van der Waals surface area contributed by atoms with E-state index < -0.39 is 27.5 Å². The van der Waals surface area contributed by atoms with Crippen molar-refractivity contribution in [1.82, 2.24) is 5.32 Å². The molecule has 0 heterocycles. The van der Waals surface area contributed by atoms with Crippen molar-refractivity contribution in [1.29, 1.82) is 0 Å². The summed E-state index contributed by atoms with van der Waals surface area (Å²) >= 11 is 0. The number of nitrogens with one attached hydrogen (secondary N) is 1. The van der Waals surface area contributed by atoms with Gasteiger partial charge in [0.15, 0.2) is 0 Å². The summed E-state index contributed by atoms with van der Waals surface area (Å²) in [6.45, 7) is 3.36. The van der Waals surface area contributed by atoms with Gasteiger partial charge in [-0.1, -0.05) is 0 Å². The highest BCUT2D eigenvalue weighted by Crippen LogP contribution is 2.20. The van der Waals surface area contributed by atoms with Crippen LogP contribution in [0.15, 0.2) is 12.1 Å². The first kappa shape index (κ1) is 15.0. The molecule has 0 spiro atoms. The molecule has 18 heavy (non-hydrogen) atoms. The maximum absolute atomic E-state index is 13.6. The Kier molecular flexibility index (Phi) is 4.81. The van der Waals surface area contributed by atoms with Crippen LogP contribution in [0.4, 0.5) is 8.78 Å². The molecule has 1 aromatic rings. The van der Waals surface area contributed by atoms with Crippen LogP contribution in [0.25, 0.3) is 0 Å². The molecule has 0 bridgehead atoms. The maximum Gasteiger partial charge on any atom is 0.148 e. The molecule has 0 aliphatic carbocycles. The van der Waals surface area contributed by atoms with Crippen molar-refractivity contribution in [2.45, 2.75) is 19.9 Å². The molecule has 0 aliphatic rings. The fraction of sp³-hybridized carbons (Fsp3) is 0.500. The van der Waals surface area contributed by atoms with E-state index in [0.717, 1.165) is 18.4 Å². The third-order valence-electron chi connectivity index (χ3n) is 2.67. The molecule has 102 valence electrons. The van der Waals surface area contributed by atoms with Crippen molar-refractivity contribution in [2.24, 2.45) is 0 Å². The lowest BCUT2D eigenvalue weighted by Gasteiger charge is -2.15. The quantitative estimate of drug-likeness (QED) is 0.895. The zero-order chi connectivity index (χ0) is 13.9. The van der Waals surface area contributed by atoms with E-state index in [0.29, 0.717) is 0 Å². The Labute approximate surface area is 106 Å². The number of benzene rings is 1. The third kappa shape index (κ3) is 4.34. The van der Waals surface area contributed by atoms with Crippen molar-refractivity contribution in [3.63, 3.8) is 0 Å².